The first kappa shape index (κ1) is 14.7. The molecule has 0 aliphatic heterocycles. The third-order valence-corrected chi connectivity index (χ3v) is 3.52. The molecule has 0 saturated carbocycles. The van der Waals surface area contributed by atoms with E-state index >= 15 is 0 Å². The second-order valence-electron chi connectivity index (χ2n) is 2.82. The van der Waals surface area contributed by atoms with Crippen LogP contribution in [0.15, 0.2) is 0 Å². The lowest BCUT2D eigenvalue weighted by Gasteiger charge is -2.20. The van der Waals surface area contributed by atoms with Gasteiger partial charge >= 0.3 is 0 Å². The maximum absolute atomic E-state index is 11.5. The van der Waals surface area contributed by atoms with Crippen LogP contribution in [0.25, 0.3) is 0 Å². The zero-order valence-corrected chi connectivity index (χ0v) is 10.5. The van der Waals surface area contributed by atoms with Gasteiger partial charge in [0.15, 0.2) is 0 Å². The van der Waals surface area contributed by atoms with E-state index in [4.69, 9.17) is 22.7 Å². The molecule has 0 aromatic carbocycles. The average molecular weight is 255 g/mol. The number of hydrogen-bond donors (Lipinski definition) is 2. The van der Waals surface area contributed by atoms with Crippen molar-refractivity contribution in [1.29, 1.82) is 0 Å². The summed E-state index contributed by atoms with van der Waals surface area (Å²) in [6, 6.07) is 0. The highest BCUT2D eigenvalue weighted by molar-refractivity contribution is 7.87. The second kappa shape index (κ2) is 7.07. The van der Waals surface area contributed by atoms with Gasteiger partial charge in [-0.2, -0.15) is 12.7 Å². The summed E-state index contributed by atoms with van der Waals surface area (Å²) in [5, 5.41) is 0. The van der Waals surface area contributed by atoms with E-state index in [-0.39, 0.29) is 13.1 Å². The molecule has 0 rings (SSSR count). The van der Waals surface area contributed by atoms with Gasteiger partial charge in [-0.3, -0.25) is 0 Å². The van der Waals surface area contributed by atoms with Crippen molar-refractivity contribution in [2.45, 2.75) is 6.42 Å². The maximum atomic E-state index is 11.5. The zero-order valence-electron chi connectivity index (χ0n) is 8.89. The number of ether oxygens (including phenoxy) is 1. The Bertz CT molecular complexity index is 292. The van der Waals surface area contributed by atoms with Gasteiger partial charge < -0.3 is 10.5 Å². The number of methoxy groups -OCH3 is 1. The summed E-state index contributed by atoms with van der Waals surface area (Å²) in [4.78, 5) is 0.295. The van der Waals surface area contributed by atoms with Crippen molar-refractivity contribution >= 4 is 27.4 Å². The number of nitrogens with one attached hydrogen (secondary N) is 1. The fraction of sp³-hybridized carbons (Fsp3) is 0.857. The summed E-state index contributed by atoms with van der Waals surface area (Å²) in [5.41, 5.74) is 5.31. The first-order valence-corrected chi connectivity index (χ1v) is 6.24. The monoisotopic (exact) mass is 255 g/mol. The number of nitrogens with two attached hydrogens (primary N) is 1. The van der Waals surface area contributed by atoms with Crippen LogP contribution in [0.3, 0.4) is 0 Å². The summed E-state index contributed by atoms with van der Waals surface area (Å²) in [6.45, 7) is 0.877. The maximum Gasteiger partial charge on any atom is 0.279 e. The Kier molecular flexibility index (Phi) is 6.94. The average Bonchev–Trinajstić information content (AvgIpc) is 2.17. The molecule has 0 saturated heterocycles. The fourth-order valence-corrected chi connectivity index (χ4v) is 1.91. The third-order valence-electron chi connectivity index (χ3n) is 1.75. The van der Waals surface area contributed by atoms with E-state index in [0.717, 1.165) is 0 Å². The molecule has 6 nitrogen and oxygen atoms in total. The molecule has 3 N–H and O–H groups in total. The molecule has 0 radical (unpaired) electrons. The van der Waals surface area contributed by atoms with E-state index in [1.807, 2.05) is 0 Å². The Morgan fingerprint density at radius 2 is 2.13 bits per heavy atom. The van der Waals surface area contributed by atoms with Crippen LogP contribution in [0.2, 0.25) is 0 Å². The normalized spacial score (nSPS) is 11.9. The van der Waals surface area contributed by atoms with Crippen molar-refractivity contribution in [1.82, 2.24) is 9.03 Å². The molecule has 0 bridgehead atoms. The first-order chi connectivity index (χ1) is 6.94. The van der Waals surface area contributed by atoms with Crippen molar-refractivity contribution in [3.8, 4) is 0 Å². The molecule has 0 aliphatic carbocycles. The van der Waals surface area contributed by atoms with E-state index in [9.17, 15) is 8.42 Å². The largest absolute Gasteiger partial charge is 0.393 e. The topological polar surface area (TPSA) is 84.7 Å². The zero-order chi connectivity index (χ0) is 11.9. The molecule has 0 unspecified atom stereocenters. The van der Waals surface area contributed by atoms with Crippen LogP contribution in [0.1, 0.15) is 6.42 Å². The van der Waals surface area contributed by atoms with Crippen LogP contribution in [0, 0.1) is 0 Å². The van der Waals surface area contributed by atoms with Crippen molar-refractivity contribution < 1.29 is 13.2 Å². The number of nitrogens with zero attached hydrogens (tertiary/aromatic N) is 1. The second-order valence-corrected chi connectivity index (χ2v) is 5.22. The molecule has 15 heavy (non-hydrogen) atoms. The van der Waals surface area contributed by atoms with Crippen LogP contribution in [-0.4, -0.2) is 51.6 Å². The molecule has 0 fully saturated rings. The molecule has 0 amide bonds. The summed E-state index contributed by atoms with van der Waals surface area (Å²) in [5.74, 6) is 0. The van der Waals surface area contributed by atoms with Gasteiger partial charge in [-0.15, -0.1) is 0 Å². The minimum absolute atomic E-state index is 0.266. The first-order valence-electron chi connectivity index (χ1n) is 4.40. The van der Waals surface area contributed by atoms with Crippen molar-refractivity contribution in [2.75, 3.05) is 33.9 Å². The molecule has 90 valence electrons. The SMILES string of the molecule is CNS(=O)(=O)N(CCOC)CCC(N)=S. The molecule has 0 atom stereocenters. The quantitative estimate of drug-likeness (QED) is 0.548. The van der Waals surface area contributed by atoms with Crippen LogP contribution in [-0.2, 0) is 14.9 Å². The predicted molar refractivity (Wildman–Crippen MR) is 62.8 cm³/mol. The van der Waals surface area contributed by atoms with Gasteiger partial charge in [0, 0.05) is 33.7 Å². The smallest absolute Gasteiger partial charge is 0.279 e. The van der Waals surface area contributed by atoms with E-state index in [1.165, 1.54) is 18.5 Å². The summed E-state index contributed by atoms with van der Waals surface area (Å²) in [6.07, 6.45) is 0.361. The Labute approximate surface area is 95.9 Å². The Hall–Kier alpha value is -0.280. The van der Waals surface area contributed by atoms with Gasteiger partial charge in [0.25, 0.3) is 10.2 Å². The lowest BCUT2D eigenvalue weighted by atomic mass is 10.4. The molecule has 0 spiro atoms. The van der Waals surface area contributed by atoms with Gasteiger partial charge in [0.2, 0.25) is 0 Å². The molecular formula is C7H17N3O3S2. The van der Waals surface area contributed by atoms with Crippen LogP contribution >= 0.6 is 12.2 Å². The van der Waals surface area contributed by atoms with Gasteiger partial charge in [-0.25, -0.2) is 4.72 Å². The summed E-state index contributed by atoms with van der Waals surface area (Å²) >= 11 is 4.69. The van der Waals surface area contributed by atoms with Gasteiger partial charge in [0.05, 0.1) is 11.6 Å². The van der Waals surface area contributed by atoms with Crippen LogP contribution in [0.4, 0.5) is 0 Å². The minimum Gasteiger partial charge on any atom is -0.393 e. The molecule has 8 heteroatoms. The standard InChI is InChI=1S/C7H17N3O3S2/c1-9-15(11,12)10(5-6-13-2)4-3-7(8)14/h9H,3-6H2,1-2H3,(H2,8,14). The molecule has 0 aliphatic rings. The lowest BCUT2D eigenvalue weighted by Crippen LogP contribution is -2.42. The van der Waals surface area contributed by atoms with Crippen molar-refractivity contribution in [3.05, 3.63) is 0 Å². The van der Waals surface area contributed by atoms with Crippen LogP contribution < -0.4 is 10.5 Å². The number of thiocarbonyl (C=S) groups is 1. The Morgan fingerprint density at radius 3 is 2.53 bits per heavy atom. The Morgan fingerprint density at radius 1 is 1.53 bits per heavy atom. The molecule has 0 heterocycles. The number of rotatable bonds is 8. The minimum atomic E-state index is -3.44. The fourth-order valence-electron chi connectivity index (χ4n) is 0.909. The summed E-state index contributed by atoms with van der Waals surface area (Å²) < 4.78 is 31.3. The molecule has 0 aromatic rings. The highest BCUT2D eigenvalue weighted by Gasteiger charge is 2.19. The van der Waals surface area contributed by atoms with Gasteiger partial charge in [-0.05, 0) is 0 Å². The van der Waals surface area contributed by atoms with Gasteiger partial charge in [-0.1, -0.05) is 12.2 Å². The van der Waals surface area contributed by atoms with Gasteiger partial charge in [0.1, 0.15) is 0 Å². The third kappa shape index (κ3) is 6.00. The highest BCUT2D eigenvalue weighted by atomic mass is 32.2. The summed E-state index contributed by atoms with van der Waals surface area (Å²) in [7, 11) is -0.571. The highest BCUT2D eigenvalue weighted by Crippen LogP contribution is 1.99. The predicted octanol–water partition coefficient (Wildman–Crippen LogP) is -0.925. The molecule has 0 aromatic heterocycles. The van der Waals surface area contributed by atoms with E-state index in [1.54, 1.807) is 0 Å². The Balaban J connectivity index is 4.37. The molecular weight excluding hydrogens is 238 g/mol. The van der Waals surface area contributed by atoms with Crippen LogP contribution in [0.5, 0.6) is 0 Å². The van der Waals surface area contributed by atoms with E-state index < -0.39 is 10.2 Å². The van der Waals surface area contributed by atoms with E-state index in [2.05, 4.69) is 4.72 Å². The van der Waals surface area contributed by atoms with E-state index in [0.29, 0.717) is 18.0 Å². The van der Waals surface area contributed by atoms with Crippen molar-refractivity contribution in [2.24, 2.45) is 5.73 Å². The lowest BCUT2D eigenvalue weighted by molar-refractivity contribution is 0.179. The number of hydrogen-bond acceptors (Lipinski definition) is 4. The van der Waals surface area contributed by atoms with Crippen molar-refractivity contribution in [3.63, 3.8) is 0 Å².